The molecular weight excluding hydrogens is 344 g/mol. The Morgan fingerprint density at radius 3 is 2.71 bits per heavy atom. The van der Waals surface area contributed by atoms with Crippen LogP contribution in [0.5, 0.6) is 0 Å². The maximum Gasteiger partial charge on any atom is 0.0473 e. The maximum absolute atomic E-state index is 3.68. The number of halogens is 1. The fourth-order valence-corrected chi connectivity index (χ4v) is 4.08. The molecule has 1 N–H and O–H groups in total. The molecule has 0 spiro atoms. The Balaban J connectivity index is 1.70. The van der Waals surface area contributed by atoms with Gasteiger partial charge in [-0.15, -0.1) is 11.3 Å². The van der Waals surface area contributed by atoms with Crippen molar-refractivity contribution in [3.63, 3.8) is 0 Å². The lowest BCUT2D eigenvalue weighted by atomic mass is 10.1. The Bertz CT molecular complexity index is 565. The number of thiophene rings is 1. The van der Waals surface area contributed by atoms with Crippen molar-refractivity contribution < 1.29 is 0 Å². The highest BCUT2D eigenvalue weighted by Gasteiger charge is 2.24. The van der Waals surface area contributed by atoms with Gasteiger partial charge in [0.05, 0.1) is 0 Å². The lowest BCUT2D eigenvalue weighted by molar-refractivity contribution is 0.231. The molecule has 1 aliphatic carbocycles. The highest BCUT2D eigenvalue weighted by molar-refractivity contribution is 9.10. The zero-order valence-corrected chi connectivity index (χ0v) is 14.7. The molecule has 1 saturated carbocycles. The van der Waals surface area contributed by atoms with Gasteiger partial charge in [0.2, 0.25) is 0 Å². The van der Waals surface area contributed by atoms with E-state index in [1.165, 1.54) is 27.8 Å². The molecule has 0 bridgehead atoms. The zero-order valence-electron chi connectivity index (χ0n) is 12.3. The standard InChI is InChI=1S/C17H21BrN2S/c1-20(11-16-9-14(18)12-21-16)17(10-19-15-7-8-15)13-5-3-2-4-6-13/h2-6,9,12,15,17,19H,7-8,10-11H2,1H3. The Hall–Kier alpha value is -0.680. The van der Waals surface area contributed by atoms with Crippen molar-refractivity contribution in [3.05, 3.63) is 56.7 Å². The van der Waals surface area contributed by atoms with Gasteiger partial charge in [0.15, 0.2) is 0 Å². The lowest BCUT2D eigenvalue weighted by Gasteiger charge is -2.28. The Kier molecular flexibility index (Phi) is 5.11. The first-order valence-corrected chi connectivity index (χ1v) is 9.11. The minimum Gasteiger partial charge on any atom is -0.312 e. The molecule has 2 aromatic rings. The van der Waals surface area contributed by atoms with Gasteiger partial charge in [-0.1, -0.05) is 30.3 Å². The Morgan fingerprint density at radius 1 is 1.33 bits per heavy atom. The third-order valence-electron chi connectivity index (χ3n) is 3.92. The fourth-order valence-electron chi connectivity index (χ4n) is 2.56. The molecular formula is C17H21BrN2S. The van der Waals surface area contributed by atoms with Crippen molar-refractivity contribution in [2.24, 2.45) is 0 Å². The van der Waals surface area contributed by atoms with E-state index in [9.17, 15) is 0 Å². The van der Waals surface area contributed by atoms with Crippen LogP contribution in [0.3, 0.4) is 0 Å². The molecule has 4 heteroatoms. The first-order chi connectivity index (χ1) is 10.2. The number of benzene rings is 1. The molecule has 1 atom stereocenters. The predicted molar refractivity (Wildman–Crippen MR) is 93.7 cm³/mol. The van der Waals surface area contributed by atoms with E-state index in [0.29, 0.717) is 6.04 Å². The summed E-state index contributed by atoms with van der Waals surface area (Å²) in [5.41, 5.74) is 1.39. The average Bonchev–Trinajstić information content (AvgIpc) is 3.22. The number of likely N-dealkylation sites (N-methyl/N-ethyl adjacent to an activating group) is 1. The van der Waals surface area contributed by atoms with Gasteiger partial charge in [0.25, 0.3) is 0 Å². The van der Waals surface area contributed by atoms with Crippen LogP contribution in [-0.4, -0.2) is 24.5 Å². The third kappa shape index (κ3) is 4.39. The molecule has 1 aromatic heterocycles. The molecule has 0 saturated heterocycles. The summed E-state index contributed by atoms with van der Waals surface area (Å²) in [6.45, 7) is 2.01. The van der Waals surface area contributed by atoms with Crippen molar-refractivity contribution in [2.45, 2.75) is 31.5 Å². The summed E-state index contributed by atoms with van der Waals surface area (Å²) in [5.74, 6) is 0. The highest BCUT2D eigenvalue weighted by Crippen LogP contribution is 2.26. The Morgan fingerprint density at radius 2 is 2.10 bits per heavy atom. The van der Waals surface area contributed by atoms with Crippen LogP contribution in [0.1, 0.15) is 29.3 Å². The maximum atomic E-state index is 3.68. The Labute approximate surface area is 139 Å². The first kappa shape index (κ1) is 15.2. The molecule has 21 heavy (non-hydrogen) atoms. The van der Waals surface area contributed by atoms with Crippen molar-refractivity contribution in [2.75, 3.05) is 13.6 Å². The molecule has 1 aliphatic rings. The summed E-state index contributed by atoms with van der Waals surface area (Å²) in [6, 6.07) is 14.2. The van der Waals surface area contributed by atoms with Gasteiger partial charge >= 0.3 is 0 Å². The van der Waals surface area contributed by atoms with Crippen LogP contribution in [0.15, 0.2) is 46.3 Å². The number of nitrogens with one attached hydrogen (secondary N) is 1. The molecule has 0 aliphatic heterocycles. The first-order valence-electron chi connectivity index (χ1n) is 7.44. The number of hydrogen-bond acceptors (Lipinski definition) is 3. The molecule has 112 valence electrons. The molecule has 1 unspecified atom stereocenters. The number of rotatable bonds is 7. The second kappa shape index (κ2) is 7.05. The van der Waals surface area contributed by atoms with E-state index < -0.39 is 0 Å². The van der Waals surface area contributed by atoms with Gasteiger partial charge in [-0.25, -0.2) is 0 Å². The minimum absolute atomic E-state index is 0.424. The molecule has 1 heterocycles. The fraction of sp³-hybridized carbons (Fsp3) is 0.412. The SMILES string of the molecule is CN(Cc1cc(Br)cs1)C(CNC1CC1)c1ccccc1. The van der Waals surface area contributed by atoms with Crippen molar-refractivity contribution in [1.82, 2.24) is 10.2 Å². The molecule has 0 radical (unpaired) electrons. The van der Waals surface area contributed by atoms with E-state index in [2.05, 4.69) is 75.0 Å². The highest BCUT2D eigenvalue weighted by atomic mass is 79.9. The summed E-state index contributed by atoms with van der Waals surface area (Å²) in [6.07, 6.45) is 2.67. The van der Waals surface area contributed by atoms with E-state index in [1.807, 2.05) is 11.3 Å². The predicted octanol–water partition coefficient (Wildman–Crippen LogP) is 4.44. The summed E-state index contributed by atoms with van der Waals surface area (Å²) in [7, 11) is 2.22. The minimum atomic E-state index is 0.424. The second-order valence-corrected chi connectivity index (χ2v) is 7.67. The van der Waals surface area contributed by atoms with E-state index in [-0.39, 0.29) is 0 Å². The van der Waals surface area contributed by atoms with Crippen LogP contribution in [0.2, 0.25) is 0 Å². The van der Waals surface area contributed by atoms with Crippen LogP contribution in [0, 0.1) is 0 Å². The van der Waals surface area contributed by atoms with Crippen LogP contribution in [0.4, 0.5) is 0 Å². The van der Waals surface area contributed by atoms with E-state index >= 15 is 0 Å². The van der Waals surface area contributed by atoms with Gasteiger partial charge in [0.1, 0.15) is 0 Å². The summed E-state index contributed by atoms with van der Waals surface area (Å²) < 4.78 is 1.18. The van der Waals surface area contributed by atoms with Crippen LogP contribution < -0.4 is 5.32 Å². The topological polar surface area (TPSA) is 15.3 Å². The molecule has 1 aromatic carbocycles. The zero-order chi connectivity index (χ0) is 14.7. The molecule has 0 amide bonds. The largest absolute Gasteiger partial charge is 0.312 e. The van der Waals surface area contributed by atoms with Crippen molar-refractivity contribution in [3.8, 4) is 0 Å². The smallest absolute Gasteiger partial charge is 0.0473 e. The van der Waals surface area contributed by atoms with Crippen LogP contribution in [-0.2, 0) is 6.54 Å². The van der Waals surface area contributed by atoms with Gasteiger partial charge < -0.3 is 5.32 Å². The summed E-state index contributed by atoms with van der Waals surface area (Å²) >= 11 is 5.36. The summed E-state index contributed by atoms with van der Waals surface area (Å²) in [5, 5.41) is 5.84. The second-order valence-electron chi connectivity index (χ2n) is 5.76. The van der Waals surface area contributed by atoms with Crippen molar-refractivity contribution >= 4 is 27.3 Å². The van der Waals surface area contributed by atoms with Gasteiger partial charge in [-0.05, 0) is 47.4 Å². The van der Waals surface area contributed by atoms with E-state index in [0.717, 1.165) is 19.1 Å². The number of nitrogens with zero attached hydrogens (tertiary/aromatic N) is 1. The normalized spacial score (nSPS) is 16.3. The van der Waals surface area contributed by atoms with E-state index in [1.54, 1.807) is 0 Å². The van der Waals surface area contributed by atoms with Gasteiger partial charge in [-0.3, -0.25) is 4.90 Å². The van der Waals surface area contributed by atoms with E-state index in [4.69, 9.17) is 0 Å². The molecule has 1 fully saturated rings. The average molecular weight is 365 g/mol. The quantitative estimate of drug-likeness (QED) is 0.781. The summed E-state index contributed by atoms with van der Waals surface area (Å²) in [4.78, 5) is 3.85. The van der Waals surface area contributed by atoms with Crippen molar-refractivity contribution in [1.29, 1.82) is 0 Å². The third-order valence-corrected chi connectivity index (χ3v) is 5.60. The lowest BCUT2D eigenvalue weighted by Crippen LogP contribution is -2.33. The van der Waals surface area contributed by atoms with Crippen LogP contribution >= 0.6 is 27.3 Å². The van der Waals surface area contributed by atoms with Crippen LogP contribution in [0.25, 0.3) is 0 Å². The van der Waals surface area contributed by atoms with Gasteiger partial charge in [0, 0.05) is 39.9 Å². The molecule has 3 rings (SSSR count). The molecule has 2 nitrogen and oxygen atoms in total. The van der Waals surface area contributed by atoms with Gasteiger partial charge in [-0.2, -0.15) is 0 Å². The number of hydrogen-bond donors (Lipinski definition) is 1. The monoisotopic (exact) mass is 364 g/mol.